The highest BCUT2D eigenvalue weighted by molar-refractivity contribution is 5.92. The van der Waals surface area contributed by atoms with Crippen LogP contribution >= 0.6 is 0 Å². The zero-order chi connectivity index (χ0) is 20.1. The summed E-state index contributed by atoms with van der Waals surface area (Å²) >= 11 is 0. The summed E-state index contributed by atoms with van der Waals surface area (Å²) in [6.07, 6.45) is 1.47. The number of carbonyl (C=O) groups is 1. The van der Waals surface area contributed by atoms with E-state index < -0.39 is 6.04 Å². The van der Waals surface area contributed by atoms with Crippen LogP contribution in [-0.2, 0) is 14.3 Å². The third-order valence-electron chi connectivity index (χ3n) is 4.80. The summed E-state index contributed by atoms with van der Waals surface area (Å²) in [4.78, 5) is 19.4. The highest BCUT2D eigenvalue weighted by Gasteiger charge is 2.35. The Balaban J connectivity index is 2.08. The van der Waals surface area contributed by atoms with Gasteiger partial charge in [0.15, 0.2) is 0 Å². The molecule has 3 rings (SSSR count). The van der Waals surface area contributed by atoms with Crippen molar-refractivity contribution in [3.63, 3.8) is 0 Å². The van der Waals surface area contributed by atoms with Crippen LogP contribution in [0.25, 0.3) is 0 Å². The fourth-order valence-electron chi connectivity index (χ4n) is 3.48. The van der Waals surface area contributed by atoms with Crippen LogP contribution in [0.3, 0.4) is 0 Å². The number of nitrogens with zero attached hydrogens (tertiary/aromatic N) is 4. The van der Waals surface area contributed by atoms with E-state index in [1.165, 1.54) is 6.33 Å². The third-order valence-corrected chi connectivity index (χ3v) is 4.80. The number of nitrogens with one attached hydrogen (secondary N) is 1. The molecule has 1 unspecified atom stereocenters. The topological polar surface area (TPSA) is 81.5 Å². The van der Waals surface area contributed by atoms with Gasteiger partial charge in [-0.2, -0.15) is 10.1 Å². The number of anilines is 2. The molecule has 1 aromatic heterocycles. The molecule has 8 heteroatoms. The van der Waals surface area contributed by atoms with Crippen LogP contribution in [0.4, 0.5) is 11.6 Å². The van der Waals surface area contributed by atoms with Gasteiger partial charge in [-0.15, -0.1) is 0 Å². The molecule has 0 saturated carbocycles. The second kappa shape index (κ2) is 8.88. The largest absolute Gasteiger partial charge is 0.463 e. The summed E-state index contributed by atoms with van der Waals surface area (Å²) in [6.45, 7) is 8.45. The molecule has 1 aliphatic rings. The molecule has 0 spiro atoms. The van der Waals surface area contributed by atoms with Crippen LogP contribution in [0, 0.1) is 0 Å². The standard InChI is InChI=1S/C20H27N5O3/c1-5-24(6-2)15-10-8-14(9-11-15)18-17(19(26)28-7-3)16(12-27-4)23-20-21-13-22-25(18)20/h8-11,13,18H,5-7,12H2,1-4H3,(H,21,22,23). The van der Waals surface area contributed by atoms with Crippen molar-refractivity contribution < 1.29 is 14.3 Å². The number of esters is 1. The lowest BCUT2D eigenvalue weighted by Gasteiger charge is -2.29. The van der Waals surface area contributed by atoms with Crippen LogP contribution < -0.4 is 10.2 Å². The molecule has 1 atom stereocenters. The van der Waals surface area contributed by atoms with E-state index in [1.54, 1.807) is 18.7 Å². The molecule has 8 nitrogen and oxygen atoms in total. The zero-order valence-corrected chi connectivity index (χ0v) is 16.8. The molecule has 0 saturated heterocycles. The first-order chi connectivity index (χ1) is 13.6. The first-order valence-electron chi connectivity index (χ1n) is 9.55. The number of carbonyl (C=O) groups excluding carboxylic acids is 1. The Kier molecular flexibility index (Phi) is 6.30. The minimum absolute atomic E-state index is 0.245. The van der Waals surface area contributed by atoms with Crippen LogP contribution in [0.5, 0.6) is 0 Å². The Labute approximate surface area is 165 Å². The summed E-state index contributed by atoms with van der Waals surface area (Å²) in [7, 11) is 1.59. The predicted molar refractivity (Wildman–Crippen MR) is 107 cm³/mol. The van der Waals surface area contributed by atoms with Crippen molar-refractivity contribution in [1.82, 2.24) is 14.8 Å². The molecule has 1 aliphatic heterocycles. The molecule has 0 aliphatic carbocycles. The van der Waals surface area contributed by atoms with Crippen LogP contribution in [0.2, 0.25) is 0 Å². The smallest absolute Gasteiger partial charge is 0.338 e. The summed E-state index contributed by atoms with van der Waals surface area (Å²) < 4.78 is 12.3. The Hall–Kier alpha value is -2.87. The molecule has 28 heavy (non-hydrogen) atoms. The van der Waals surface area contributed by atoms with Crippen LogP contribution in [0.15, 0.2) is 41.9 Å². The summed E-state index contributed by atoms with van der Waals surface area (Å²) in [5.41, 5.74) is 3.19. The Bertz CT molecular complexity index is 840. The van der Waals surface area contributed by atoms with Gasteiger partial charge in [-0.05, 0) is 38.5 Å². The van der Waals surface area contributed by atoms with Gasteiger partial charge in [0.1, 0.15) is 12.4 Å². The quantitative estimate of drug-likeness (QED) is 0.700. The van der Waals surface area contributed by atoms with Gasteiger partial charge < -0.3 is 19.7 Å². The molecule has 1 aromatic carbocycles. The van der Waals surface area contributed by atoms with Crippen molar-refractivity contribution in [1.29, 1.82) is 0 Å². The second-order valence-corrected chi connectivity index (χ2v) is 6.37. The van der Waals surface area contributed by atoms with E-state index in [-0.39, 0.29) is 12.6 Å². The summed E-state index contributed by atoms with van der Waals surface area (Å²) in [5.74, 6) is 0.180. The minimum atomic E-state index is -0.436. The van der Waals surface area contributed by atoms with Gasteiger partial charge in [-0.1, -0.05) is 12.1 Å². The molecule has 2 aromatic rings. The maximum Gasteiger partial charge on any atom is 0.338 e. The van der Waals surface area contributed by atoms with Crippen molar-refractivity contribution >= 4 is 17.6 Å². The average Bonchev–Trinajstić information content (AvgIpc) is 3.17. The van der Waals surface area contributed by atoms with E-state index in [0.29, 0.717) is 23.8 Å². The first kappa shape index (κ1) is 19.9. The molecular weight excluding hydrogens is 358 g/mol. The van der Waals surface area contributed by atoms with Crippen LogP contribution in [0.1, 0.15) is 32.4 Å². The fraction of sp³-hybridized carbons (Fsp3) is 0.450. The van der Waals surface area contributed by atoms with Gasteiger partial charge in [0, 0.05) is 25.9 Å². The Morgan fingerprint density at radius 1 is 1.21 bits per heavy atom. The number of benzene rings is 1. The number of aromatic nitrogens is 3. The monoisotopic (exact) mass is 385 g/mol. The van der Waals surface area contributed by atoms with Gasteiger partial charge in [0.05, 0.1) is 24.5 Å². The number of hydrogen-bond donors (Lipinski definition) is 1. The molecule has 0 bridgehead atoms. The summed E-state index contributed by atoms with van der Waals surface area (Å²) in [6, 6.07) is 7.76. The minimum Gasteiger partial charge on any atom is -0.463 e. The maximum absolute atomic E-state index is 12.8. The van der Waals surface area contributed by atoms with Gasteiger partial charge in [0.2, 0.25) is 5.95 Å². The Morgan fingerprint density at radius 3 is 2.54 bits per heavy atom. The van der Waals surface area contributed by atoms with Crippen molar-refractivity contribution in [2.45, 2.75) is 26.8 Å². The average molecular weight is 385 g/mol. The molecule has 0 amide bonds. The van der Waals surface area contributed by atoms with Gasteiger partial charge in [0.25, 0.3) is 0 Å². The molecule has 2 heterocycles. The van der Waals surface area contributed by atoms with E-state index in [0.717, 1.165) is 24.3 Å². The zero-order valence-electron chi connectivity index (χ0n) is 16.8. The van der Waals surface area contributed by atoms with Gasteiger partial charge in [-0.3, -0.25) is 0 Å². The van der Waals surface area contributed by atoms with E-state index >= 15 is 0 Å². The number of rotatable bonds is 8. The van der Waals surface area contributed by atoms with Gasteiger partial charge in [-0.25, -0.2) is 9.48 Å². The molecule has 1 N–H and O–H groups in total. The van der Waals surface area contributed by atoms with E-state index in [9.17, 15) is 4.79 Å². The lowest BCUT2D eigenvalue weighted by molar-refractivity contribution is -0.139. The second-order valence-electron chi connectivity index (χ2n) is 6.37. The fourth-order valence-corrected chi connectivity index (χ4v) is 3.48. The van der Waals surface area contributed by atoms with E-state index in [4.69, 9.17) is 9.47 Å². The number of methoxy groups -OCH3 is 1. The molecular formula is C20H27N5O3. The number of fused-ring (bicyclic) bond motifs is 1. The van der Waals surface area contributed by atoms with Crippen molar-refractivity contribution in [3.05, 3.63) is 47.4 Å². The molecule has 150 valence electrons. The SMILES string of the molecule is CCOC(=O)C1=C(COC)Nc2ncnn2C1c1ccc(N(CC)CC)cc1. The van der Waals surface area contributed by atoms with Gasteiger partial charge >= 0.3 is 5.97 Å². The summed E-state index contributed by atoms with van der Waals surface area (Å²) in [5, 5.41) is 7.49. The lowest BCUT2D eigenvalue weighted by atomic mass is 9.95. The molecule has 0 radical (unpaired) electrons. The van der Waals surface area contributed by atoms with Crippen LogP contribution in [-0.4, -0.2) is 54.1 Å². The normalized spacial score (nSPS) is 15.8. The highest BCUT2D eigenvalue weighted by Crippen LogP contribution is 2.36. The predicted octanol–water partition coefficient (Wildman–Crippen LogP) is 2.60. The van der Waals surface area contributed by atoms with Crippen molar-refractivity contribution in [2.24, 2.45) is 0 Å². The maximum atomic E-state index is 12.8. The Morgan fingerprint density at radius 2 is 1.93 bits per heavy atom. The number of hydrogen-bond acceptors (Lipinski definition) is 7. The van der Waals surface area contributed by atoms with E-state index in [1.807, 2.05) is 12.1 Å². The first-order valence-corrected chi connectivity index (χ1v) is 9.55. The van der Waals surface area contributed by atoms with Crippen molar-refractivity contribution in [3.8, 4) is 0 Å². The number of ether oxygens (including phenoxy) is 2. The van der Waals surface area contributed by atoms with E-state index in [2.05, 4.69) is 46.3 Å². The lowest BCUT2D eigenvalue weighted by Crippen LogP contribution is -2.32. The van der Waals surface area contributed by atoms with Crippen molar-refractivity contribution in [2.75, 3.05) is 43.6 Å². The highest BCUT2D eigenvalue weighted by atomic mass is 16.5. The third kappa shape index (κ3) is 3.73. The molecule has 0 fully saturated rings.